The predicted molar refractivity (Wildman–Crippen MR) is 66.6 cm³/mol. The van der Waals surface area contributed by atoms with Gasteiger partial charge >= 0.3 is 5.97 Å². The second-order valence-corrected chi connectivity index (χ2v) is 6.34. The van der Waals surface area contributed by atoms with Gasteiger partial charge in [0.15, 0.2) is 0 Å². The first-order valence-electron chi connectivity index (χ1n) is 6.18. The zero-order valence-corrected chi connectivity index (χ0v) is 11.8. The number of carbonyl (C=O) groups excluding carboxylic acids is 1. The first-order valence-corrected chi connectivity index (χ1v) is 6.18. The van der Waals surface area contributed by atoms with Gasteiger partial charge < -0.3 is 15.2 Å². The molecular formula is C13H25NO3. The van der Waals surface area contributed by atoms with Crippen molar-refractivity contribution in [1.29, 1.82) is 0 Å². The van der Waals surface area contributed by atoms with Crippen LogP contribution in [0, 0.1) is 5.41 Å². The maximum absolute atomic E-state index is 12.1. The van der Waals surface area contributed by atoms with E-state index >= 15 is 0 Å². The summed E-state index contributed by atoms with van der Waals surface area (Å²) in [6, 6.07) is 0. The molecule has 4 nitrogen and oxygen atoms in total. The highest BCUT2D eigenvalue weighted by atomic mass is 16.6. The molecule has 0 aromatic rings. The monoisotopic (exact) mass is 243 g/mol. The summed E-state index contributed by atoms with van der Waals surface area (Å²) >= 11 is 0. The second kappa shape index (κ2) is 4.25. The molecule has 17 heavy (non-hydrogen) atoms. The zero-order valence-electron chi connectivity index (χ0n) is 11.8. The van der Waals surface area contributed by atoms with Gasteiger partial charge in [0.25, 0.3) is 0 Å². The van der Waals surface area contributed by atoms with E-state index in [4.69, 9.17) is 15.2 Å². The average molecular weight is 243 g/mol. The van der Waals surface area contributed by atoms with Gasteiger partial charge in [-0.3, -0.25) is 4.79 Å². The molecule has 2 N–H and O–H groups in total. The number of nitrogens with two attached hydrogens (primary N) is 1. The molecule has 1 aliphatic carbocycles. The van der Waals surface area contributed by atoms with Crippen LogP contribution in [0.3, 0.4) is 0 Å². The summed E-state index contributed by atoms with van der Waals surface area (Å²) in [5, 5.41) is 0. The molecule has 0 aromatic carbocycles. The first kappa shape index (κ1) is 14.5. The third kappa shape index (κ3) is 2.47. The minimum atomic E-state index is -0.930. The van der Waals surface area contributed by atoms with Crippen LogP contribution < -0.4 is 5.73 Å². The van der Waals surface area contributed by atoms with Crippen molar-refractivity contribution in [2.75, 3.05) is 6.61 Å². The summed E-state index contributed by atoms with van der Waals surface area (Å²) in [7, 11) is 0. The van der Waals surface area contributed by atoms with E-state index in [0.717, 1.165) is 0 Å². The molecule has 0 saturated heterocycles. The van der Waals surface area contributed by atoms with E-state index < -0.39 is 11.1 Å². The number of rotatable bonds is 3. The molecular weight excluding hydrogens is 218 g/mol. The van der Waals surface area contributed by atoms with Gasteiger partial charge in [-0.2, -0.15) is 0 Å². The van der Waals surface area contributed by atoms with Crippen LogP contribution >= 0.6 is 0 Å². The summed E-state index contributed by atoms with van der Waals surface area (Å²) in [6.45, 7) is 12.0. The number of esters is 1. The Morgan fingerprint density at radius 1 is 1.41 bits per heavy atom. The minimum absolute atomic E-state index is 0.0324. The topological polar surface area (TPSA) is 61.5 Å². The Morgan fingerprint density at radius 3 is 2.29 bits per heavy atom. The smallest absolute Gasteiger partial charge is 0.327 e. The SMILES string of the molecule is CCOC1CC(N)(C(=O)OC(C)(C)C)C1(C)C. The number of carbonyl (C=O) groups is 1. The second-order valence-electron chi connectivity index (χ2n) is 6.34. The highest BCUT2D eigenvalue weighted by molar-refractivity contribution is 5.84. The number of hydrogen-bond donors (Lipinski definition) is 1. The average Bonchev–Trinajstić information content (AvgIpc) is 2.14. The van der Waals surface area contributed by atoms with E-state index in [0.29, 0.717) is 13.0 Å². The summed E-state index contributed by atoms with van der Waals surface area (Å²) in [5.41, 5.74) is 4.38. The highest BCUT2D eigenvalue weighted by Crippen LogP contribution is 2.50. The van der Waals surface area contributed by atoms with Gasteiger partial charge in [-0.05, 0) is 27.7 Å². The molecule has 0 spiro atoms. The van der Waals surface area contributed by atoms with Crippen LogP contribution in [0.25, 0.3) is 0 Å². The fourth-order valence-electron chi connectivity index (χ4n) is 2.15. The molecule has 0 heterocycles. The number of hydrogen-bond acceptors (Lipinski definition) is 4. The first-order chi connectivity index (χ1) is 7.54. The zero-order chi connectivity index (χ0) is 13.5. The molecule has 0 bridgehead atoms. The lowest BCUT2D eigenvalue weighted by atomic mass is 9.54. The summed E-state index contributed by atoms with van der Waals surface area (Å²) in [6.07, 6.45) is 0.563. The molecule has 2 unspecified atom stereocenters. The van der Waals surface area contributed by atoms with Crippen LogP contribution in [0.1, 0.15) is 48.0 Å². The summed E-state index contributed by atoms with van der Waals surface area (Å²) < 4.78 is 11.0. The van der Waals surface area contributed by atoms with E-state index in [9.17, 15) is 4.79 Å². The Hall–Kier alpha value is -0.610. The molecule has 1 saturated carbocycles. The maximum atomic E-state index is 12.1. The highest BCUT2D eigenvalue weighted by Gasteiger charge is 2.64. The van der Waals surface area contributed by atoms with Crippen molar-refractivity contribution in [3.05, 3.63) is 0 Å². The van der Waals surface area contributed by atoms with Gasteiger partial charge in [0.2, 0.25) is 0 Å². The van der Waals surface area contributed by atoms with Crippen LogP contribution in [-0.2, 0) is 14.3 Å². The van der Waals surface area contributed by atoms with Gasteiger partial charge in [0, 0.05) is 18.4 Å². The number of ether oxygens (including phenoxy) is 2. The molecule has 0 aromatic heterocycles. The molecule has 0 aliphatic heterocycles. The van der Waals surface area contributed by atoms with Gasteiger partial charge in [-0.15, -0.1) is 0 Å². The predicted octanol–water partition coefficient (Wildman–Crippen LogP) is 1.86. The summed E-state index contributed by atoms with van der Waals surface area (Å²) in [5.74, 6) is -0.328. The quantitative estimate of drug-likeness (QED) is 0.769. The Labute approximate surface area is 104 Å². The van der Waals surface area contributed by atoms with Crippen molar-refractivity contribution < 1.29 is 14.3 Å². The molecule has 100 valence electrons. The van der Waals surface area contributed by atoms with Gasteiger partial charge in [0.1, 0.15) is 11.1 Å². The van der Waals surface area contributed by atoms with Crippen molar-refractivity contribution in [2.45, 2.75) is 65.2 Å². The van der Waals surface area contributed by atoms with Gasteiger partial charge in [-0.25, -0.2) is 0 Å². The van der Waals surface area contributed by atoms with Crippen LogP contribution in [0.15, 0.2) is 0 Å². The molecule has 1 rings (SSSR count). The fourth-order valence-corrected chi connectivity index (χ4v) is 2.15. The third-order valence-electron chi connectivity index (χ3n) is 3.59. The molecule has 2 atom stereocenters. The molecule has 0 radical (unpaired) electrons. The van der Waals surface area contributed by atoms with Crippen molar-refractivity contribution in [2.24, 2.45) is 11.1 Å². The Balaban J connectivity index is 2.75. The van der Waals surface area contributed by atoms with Crippen LogP contribution in [0.5, 0.6) is 0 Å². The van der Waals surface area contributed by atoms with Crippen LogP contribution in [0.4, 0.5) is 0 Å². The van der Waals surface area contributed by atoms with Crippen LogP contribution in [-0.4, -0.2) is 29.8 Å². The molecule has 1 fully saturated rings. The van der Waals surface area contributed by atoms with E-state index in [1.165, 1.54) is 0 Å². The van der Waals surface area contributed by atoms with Crippen LogP contribution in [0.2, 0.25) is 0 Å². The fraction of sp³-hybridized carbons (Fsp3) is 0.923. The Morgan fingerprint density at radius 2 is 1.94 bits per heavy atom. The lowest BCUT2D eigenvalue weighted by Crippen LogP contribution is -2.74. The van der Waals surface area contributed by atoms with Gasteiger partial charge in [-0.1, -0.05) is 13.8 Å². The van der Waals surface area contributed by atoms with Crippen molar-refractivity contribution in [3.8, 4) is 0 Å². The normalized spacial score (nSPS) is 31.8. The molecule has 0 amide bonds. The van der Waals surface area contributed by atoms with E-state index in [1.807, 2.05) is 41.5 Å². The van der Waals surface area contributed by atoms with Crippen molar-refractivity contribution >= 4 is 5.97 Å². The minimum Gasteiger partial charge on any atom is -0.459 e. The maximum Gasteiger partial charge on any atom is 0.327 e. The van der Waals surface area contributed by atoms with Crippen molar-refractivity contribution in [1.82, 2.24) is 0 Å². The van der Waals surface area contributed by atoms with E-state index in [1.54, 1.807) is 0 Å². The Bertz CT molecular complexity index is 306. The third-order valence-corrected chi connectivity index (χ3v) is 3.59. The van der Waals surface area contributed by atoms with E-state index in [2.05, 4.69) is 0 Å². The molecule has 1 aliphatic rings. The molecule has 4 heteroatoms. The van der Waals surface area contributed by atoms with E-state index in [-0.39, 0.29) is 17.5 Å². The largest absolute Gasteiger partial charge is 0.459 e. The standard InChI is InChI=1S/C13H25NO3/c1-7-16-9-8-13(14,12(9,5)6)10(15)17-11(2,3)4/h9H,7-8,14H2,1-6H3. The van der Waals surface area contributed by atoms with Crippen molar-refractivity contribution in [3.63, 3.8) is 0 Å². The lowest BCUT2D eigenvalue weighted by Gasteiger charge is -2.57. The Kier molecular flexibility index (Phi) is 3.61. The lowest BCUT2D eigenvalue weighted by molar-refractivity contribution is -0.199. The summed E-state index contributed by atoms with van der Waals surface area (Å²) in [4.78, 5) is 12.1. The van der Waals surface area contributed by atoms with Gasteiger partial charge in [0.05, 0.1) is 6.10 Å².